The molecule has 1 amide bonds. The van der Waals surface area contributed by atoms with E-state index in [0.717, 1.165) is 11.3 Å². The van der Waals surface area contributed by atoms with Crippen molar-refractivity contribution in [2.75, 3.05) is 13.7 Å². The van der Waals surface area contributed by atoms with Crippen LogP contribution in [0.3, 0.4) is 0 Å². The Balaban J connectivity index is 0.00000324. The maximum absolute atomic E-state index is 11.9. The van der Waals surface area contributed by atoms with Crippen molar-refractivity contribution in [1.29, 1.82) is 0 Å². The van der Waals surface area contributed by atoms with Crippen LogP contribution in [0.5, 0.6) is 5.75 Å². The van der Waals surface area contributed by atoms with Crippen molar-refractivity contribution in [3.05, 3.63) is 29.8 Å². The van der Waals surface area contributed by atoms with Crippen molar-refractivity contribution in [2.45, 2.75) is 32.9 Å². The van der Waals surface area contributed by atoms with Crippen LogP contribution in [-0.2, 0) is 11.3 Å². The predicted octanol–water partition coefficient (Wildman–Crippen LogP) is 2.20. The number of methoxy groups -OCH3 is 1. The van der Waals surface area contributed by atoms with Crippen LogP contribution < -0.4 is 10.5 Å². The summed E-state index contributed by atoms with van der Waals surface area (Å²) in [5.41, 5.74) is 6.75. The van der Waals surface area contributed by atoms with E-state index in [1.165, 1.54) is 0 Å². The number of rotatable bonds is 6. The molecule has 1 rings (SSSR count). The van der Waals surface area contributed by atoms with Crippen LogP contribution in [-0.4, -0.2) is 30.5 Å². The van der Waals surface area contributed by atoms with E-state index >= 15 is 0 Å². The number of carbonyl (C=O) groups is 1. The Hall–Kier alpha value is -1.26. The van der Waals surface area contributed by atoms with Crippen LogP contribution in [0, 0.1) is 0 Å². The predicted molar refractivity (Wildman–Crippen MR) is 79.6 cm³/mol. The topological polar surface area (TPSA) is 55.6 Å². The molecule has 0 saturated carbocycles. The summed E-state index contributed by atoms with van der Waals surface area (Å²) in [7, 11) is 1.64. The molecule has 5 heteroatoms. The molecule has 0 radical (unpaired) electrons. The van der Waals surface area contributed by atoms with Gasteiger partial charge in [0.15, 0.2) is 0 Å². The van der Waals surface area contributed by atoms with Gasteiger partial charge in [-0.25, -0.2) is 0 Å². The number of hydrogen-bond donors (Lipinski definition) is 1. The normalized spacial score (nSPS) is 11.4. The van der Waals surface area contributed by atoms with Crippen LogP contribution in [0.2, 0.25) is 0 Å². The molecular formula is C14H23ClN2O2. The molecule has 0 aliphatic carbocycles. The van der Waals surface area contributed by atoms with Crippen molar-refractivity contribution in [3.8, 4) is 5.75 Å². The lowest BCUT2D eigenvalue weighted by Crippen LogP contribution is -2.34. The Morgan fingerprint density at radius 2 is 1.95 bits per heavy atom. The van der Waals surface area contributed by atoms with Gasteiger partial charge in [-0.15, -0.1) is 12.4 Å². The van der Waals surface area contributed by atoms with Crippen LogP contribution >= 0.6 is 12.4 Å². The maximum atomic E-state index is 11.9. The van der Waals surface area contributed by atoms with Gasteiger partial charge in [0.1, 0.15) is 5.75 Å². The number of ether oxygens (including phenoxy) is 1. The van der Waals surface area contributed by atoms with E-state index in [4.69, 9.17) is 10.5 Å². The van der Waals surface area contributed by atoms with E-state index in [9.17, 15) is 4.79 Å². The fourth-order valence-electron chi connectivity index (χ4n) is 1.73. The molecule has 0 saturated heterocycles. The Bertz CT molecular complexity index is 380. The minimum absolute atomic E-state index is 0. The quantitative estimate of drug-likeness (QED) is 0.872. The number of amides is 1. The summed E-state index contributed by atoms with van der Waals surface area (Å²) in [4.78, 5) is 13.7. The number of benzene rings is 1. The monoisotopic (exact) mass is 286 g/mol. The van der Waals surface area contributed by atoms with Crippen LogP contribution in [0.4, 0.5) is 0 Å². The van der Waals surface area contributed by atoms with Gasteiger partial charge in [-0.05, 0) is 31.5 Å². The van der Waals surface area contributed by atoms with E-state index in [1.54, 1.807) is 7.11 Å². The van der Waals surface area contributed by atoms with Gasteiger partial charge in [0.05, 0.1) is 7.11 Å². The summed E-state index contributed by atoms with van der Waals surface area (Å²) >= 11 is 0. The number of halogens is 1. The molecule has 0 aliphatic heterocycles. The molecule has 1 aromatic rings. The summed E-state index contributed by atoms with van der Waals surface area (Å²) in [5, 5.41) is 0. The van der Waals surface area contributed by atoms with Gasteiger partial charge >= 0.3 is 0 Å². The average Bonchev–Trinajstić information content (AvgIpc) is 2.35. The minimum atomic E-state index is -0.0950. The van der Waals surface area contributed by atoms with Gasteiger partial charge in [-0.1, -0.05) is 12.1 Å². The lowest BCUT2D eigenvalue weighted by atomic mass is 10.1. The summed E-state index contributed by atoms with van der Waals surface area (Å²) in [6.45, 7) is 5.13. The first kappa shape index (κ1) is 17.7. The minimum Gasteiger partial charge on any atom is -0.497 e. The van der Waals surface area contributed by atoms with Crippen LogP contribution in [0.1, 0.15) is 25.8 Å². The fourth-order valence-corrected chi connectivity index (χ4v) is 1.73. The van der Waals surface area contributed by atoms with Gasteiger partial charge in [-0.2, -0.15) is 0 Å². The second kappa shape index (κ2) is 8.77. The molecule has 0 bridgehead atoms. The molecule has 2 N–H and O–H groups in total. The molecule has 0 fully saturated rings. The largest absolute Gasteiger partial charge is 0.497 e. The van der Waals surface area contributed by atoms with Crippen LogP contribution in [0.25, 0.3) is 0 Å². The third-order valence-electron chi connectivity index (χ3n) is 2.76. The molecule has 0 spiro atoms. The SMILES string of the molecule is CCN(Cc1ccc(OC)cc1)C(=O)CC(C)N.Cl. The van der Waals surface area contributed by atoms with Crippen molar-refractivity contribution >= 4 is 18.3 Å². The smallest absolute Gasteiger partial charge is 0.224 e. The third-order valence-corrected chi connectivity index (χ3v) is 2.76. The number of nitrogens with two attached hydrogens (primary N) is 1. The molecule has 19 heavy (non-hydrogen) atoms. The molecule has 1 unspecified atom stereocenters. The highest BCUT2D eigenvalue weighted by Crippen LogP contribution is 2.13. The Labute approximate surface area is 121 Å². The average molecular weight is 287 g/mol. The Kier molecular flexibility index (Phi) is 8.19. The Morgan fingerprint density at radius 1 is 1.37 bits per heavy atom. The van der Waals surface area contributed by atoms with Gasteiger partial charge in [0.25, 0.3) is 0 Å². The zero-order chi connectivity index (χ0) is 13.5. The van der Waals surface area contributed by atoms with Gasteiger partial charge in [0, 0.05) is 25.6 Å². The van der Waals surface area contributed by atoms with Gasteiger partial charge in [-0.3, -0.25) is 4.79 Å². The summed E-state index contributed by atoms with van der Waals surface area (Å²) in [6, 6.07) is 7.65. The van der Waals surface area contributed by atoms with E-state index < -0.39 is 0 Å². The number of carbonyl (C=O) groups excluding carboxylic acids is 1. The van der Waals surface area contributed by atoms with Crippen molar-refractivity contribution in [1.82, 2.24) is 4.90 Å². The molecule has 1 atom stereocenters. The molecule has 0 heterocycles. The van der Waals surface area contributed by atoms with E-state index in [0.29, 0.717) is 19.5 Å². The molecular weight excluding hydrogens is 264 g/mol. The van der Waals surface area contributed by atoms with Gasteiger partial charge < -0.3 is 15.4 Å². The first-order chi connectivity index (χ1) is 8.56. The Morgan fingerprint density at radius 3 is 2.37 bits per heavy atom. The fraction of sp³-hybridized carbons (Fsp3) is 0.500. The van der Waals surface area contributed by atoms with E-state index in [-0.39, 0.29) is 24.4 Å². The lowest BCUT2D eigenvalue weighted by molar-refractivity contribution is -0.131. The van der Waals surface area contributed by atoms with Crippen molar-refractivity contribution in [3.63, 3.8) is 0 Å². The second-order valence-electron chi connectivity index (χ2n) is 4.44. The maximum Gasteiger partial charge on any atom is 0.224 e. The van der Waals surface area contributed by atoms with Gasteiger partial charge in [0.2, 0.25) is 5.91 Å². The molecule has 1 aromatic carbocycles. The summed E-state index contributed by atoms with van der Waals surface area (Å²) in [6.07, 6.45) is 0.393. The molecule has 108 valence electrons. The highest BCUT2D eigenvalue weighted by Gasteiger charge is 2.13. The standard InChI is InChI=1S/C14H22N2O2.ClH/c1-4-16(14(17)9-11(2)15)10-12-5-7-13(18-3)8-6-12;/h5-8,11H,4,9-10,15H2,1-3H3;1H. The first-order valence-electron chi connectivity index (χ1n) is 6.23. The summed E-state index contributed by atoms with van der Waals surface area (Å²) < 4.78 is 5.10. The van der Waals surface area contributed by atoms with E-state index in [2.05, 4.69) is 0 Å². The zero-order valence-corrected chi connectivity index (χ0v) is 12.6. The first-order valence-corrected chi connectivity index (χ1v) is 6.23. The van der Waals surface area contributed by atoms with E-state index in [1.807, 2.05) is 43.0 Å². The third kappa shape index (κ3) is 5.94. The van der Waals surface area contributed by atoms with Crippen LogP contribution in [0.15, 0.2) is 24.3 Å². The summed E-state index contributed by atoms with van der Waals surface area (Å²) in [5.74, 6) is 0.923. The zero-order valence-electron chi connectivity index (χ0n) is 11.8. The number of nitrogens with zero attached hydrogens (tertiary/aromatic N) is 1. The number of hydrogen-bond acceptors (Lipinski definition) is 3. The molecule has 0 aliphatic rings. The molecule has 4 nitrogen and oxygen atoms in total. The lowest BCUT2D eigenvalue weighted by Gasteiger charge is -2.22. The van der Waals surface area contributed by atoms with Crippen molar-refractivity contribution < 1.29 is 9.53 Å². The molecule has 0 aromatic heterocycles. The highest BCUT2D eigenvalue weighted by atomic mass is 35.5. The van der Waals surface area contributed by atoms with Crippen molar-refractivity contribution in [2.24, 2.45) is 5.73 Å². The highest BCUT2D eigenvalue weighted by molar-refractivity contribution is 5.85. The second-order valence-corrected chi connectivity index (χ2v) is 4.44.